The largest absolute Gasteiger partial charge is 0.545 e. The van der Waals surface area contributed by atoms with E-state index < -0.39 is 32.3 Å². The molecule has 0 spiro atoms. The zero-order valence-corrected chi connectivity index (χ0v) is 14.6. The zero-order chi connectivity index (χ0) is 19.4. The van der Waals surface area contributed by atoms with Gasteiger partial charge in [0.25, 0.3) is 10.0 Å². The predicted octanol–water partition coefficient (Wildman–Crippen LogP) is 2.78. The number of hydrogen-bond donors (Lipinski definition) is 1. The second kappa shape index (κ2) is 7.46. The fraction of sp³-hybridized carbons (Fsp3) is 0. The summed E-state index contributed by atoms with van der Waals surface area (Å²) in [5.74, 6) is -1.58. The van der Waals surface area contributed by atoms with Crippen LogP contribution in [0.5, 0.6) is 11.5 Å². The molecular formula is C19H13FNO5S-. The minimum atomic E-state index is -4.33. The minimum absolute atomic E-state index is 0.161. The molecular weight excluding hydrogens is 373 g/mol. The third-order valence-electron chi connectivity index (χ3n) is 3.54. The first-order chi connectivity index (χ1) is 12.8. The lowest BCUT2D eigenvalue weighted by Gasteiger charge is -2.11. The molecule has 0 amide bonds. The molecule has 3 rings (SSSR count). The average Bonchev–Trinajstić information content (AvgIpc) is 2.64. The summed E-state index contributed by atoms with van der Waals surface area (Å²) in [6.45, 7) is 0. The van der Waals surface area contributed by atoms with Crippen molar-refractivity contribution in [1.82, 2.24) is 0 Å². The minimum Gasteiger partial charge on any atom is -0.545 e. The van der Waals surface area contributed by atoms with E-state index in [0.717, 1.165) is 12.1 Å². The summed E-state index contributed by atoms with van der Waals surface area (Å²) in [6.07, 6.45) is 0. The number of carbonyl (C=O) groups excluding carboxylic acids is 1. The van der Waals surface area contributed by atoms with Crippen LogP contribution in [0, 0.1) is 5.82 Å². The third kappa shape index (κ3) is 4.42. The number of rotatable bonds is 6. The molecule has 0 heterocycles. The van der Waals surface area contributed by atoms with Gasteiger partial charge in [0, 0.05) is 5.69 Å². The van der Waals surface area contributed by atoms with Gasteiger partial charge in [-0.25, -0.2) is 12.8 Å². The quantitative estimate of drug-likeness (QED) is 0.703. The summed E-state index contributed by atoms with van der Waals surface area (Å²) in [6, 6.07) is 17.4. The Hall–Kier alpha value is -3.39. The number of halogens is 1. The molecule has 0 bridgehead atoms. The molecule has 8 heteroatoms. The van der Waals surface area contributed by atoms with E-state index in [4.69, 9.17) is 4.74 Å². The van der Waals surface area contributed by atoms with Crippen molar-refractivity contribution in [3.8, 4) is 11.5 Å². The monoisotopic (exact) mass is 386 g/mol. The van der Waals surface area contributed by atoms with Gasteiger partial charge >= 0.3 is 0 Å². The molecule has 0 aliphatic heterocycles. The van der Waals surface area contributed by atoms with Crippen LogP contribution in [0.2, 0.25) is 0 Å². The van der Waals surface area contributed by atoms with Crippen LogP contribution in [0.4, 0.5) is 10.1 Å². The molecule has 1 N–H and O–H groups in total. The number of carbonyl (C=O) groups is 1. The van der Waals surface area contributed by atoms with Gasteiger partial charge in [-0.15, -0.1) is 0 Å². The molecule has 0 radical (unpaired) electrons. The lowest BCUT2D eigenvalue weighted by atomic mass is 10.2. The van der Waals surface area contributed by atoms with E-state index in [1.165, 1.54) is 12.1 Å². The fourth-order valence-corrected chi connectivity index (χ4v) is 3.43. The van der Waals surface area contributed by atoms with Gasteiger partial charge in [0.1, 0.15) is 22.2 Å². The molecule has 0 aliphatic carbocycles. The van der Waals surface area contributed by atoms with E-state index in [1.54, 1.807) is 24.3 Å². The summed E-state index contributed by atoms with van der Waals surface area (Å²) in [4.78, 5) is 10.1. The standard InChI is InChI=1S/C19H14FNO5S/c20-17-11-6-13(19(22)23)12-18(17)27(24,25)21-14-7-9-16(10-8-14)26-15-4-2-1-3-5-15/h1-12,21H,(H,22,23)/p-1. The fourth-order valence-electron chi connectivity index (χ4n) is 2.26. The van der Waals surface area contributed by atoms with Crippen molar-refractivity contribution < 1.29 is 27.4 Å². The van der Waals surface area contributed by atoms with Gasteiger partial charge in [-0.3, -0.25) is 4.72 Å². The second-order valence-electron chi connectivity index (χ2n) is 5.48. The Morgan fingerprint density at radius 1 is 0.926 bits per heavy atom. The Balaban J connectivity index is 1.80. The normalized spacial score (nSPS) is 11.0. The van der Waals surface area contributed by atoms with E-state index in [1.807, 2.05) is 18.2 Å². The highest BCUT2D eigenvalue weighted by molar-refractivity contribution is 7.92. The second-order valence-corrected chi connectivity index (χ2v) is 7.13. The van der Waals surface area contributed by atoms with Gasteiger partial charge in [0.2, 0.25) is 0 Å². The lowest BCUT2D eigenvalue weighted by molar-refractivity contribution is -0.255. The third-order valence-corrected chi connectivity index (χ3v) is 4.94. The molecule has 3 aromatic carbocycles. The molecule has 27 heavy (non-hydrogen) atoms. The molecule has 0 saturated carbocycles. The van der Waals surface area contributed by atoms with Crippen LogP contribution < -0.4 is 14.6 Å². The SMILES string of the molecule is O=C([O-])c1ccc(F)c(S(=O)(=O)Nc2ccc(Oc3ccccc3)cc2)c1. The van der Waals surface area contributed by atoms with Crippen molar-refractivity contribution >= 4 is 21.7 Å². The van der Waals surface area contributed by atoms with Crippen molar-refractivity contribution in [2.75, 3.05) is 4.72 Å². The van der Waals surface area contributed by atoms with E-state index in [-0.39, 0.29) is 5.69 Å². The van der Waals surface area contributed by atoms with Crippen LogP contribution in [-0.4, -0.2) is 14.4 Å². The summed E-state index contributed by atoms with van der Waals surface area (Å²) in [7, 11) is -4.33. The maximum atomic E-state index is 13.9. The van der Waals surface area contributed by atoms with Crippen molar-refractivity contribution in [2.24, 2.45) is 0 Å². The number of nitrogens with one attached hydrogen (secondary N) is 1. The number of benzene rings is 3. The number of aromatic carboxylic acids is 1. The van der Waals surface area contributed by atoms with Gasteiger partial charge in [-0.05, 0) is 54.1 Å². The first-order valence-electron chi connectivity index (χ1n) is 7.72. The van der Waals surface area contributed by atoms with Crippen molar-refractivity contribution in [3.05, 3.63) is 84.2 Å². The molecule has 138 valence electrons. The highest BCUT2D eigenvalue weighted by atomic mass is 32.2. The van der Waals surface area contributed by atoms with Gasteiger partial charge in [-0.2, -0.15) is 0 Å². The molecule has 0 aliphatic rings. The average molecular weight is 386 g/mol. The first-order valence-corrected chi connectivity index (χ1v) is 9.20. The Labute approximate surface area is 154 Å². The highest BCUT2D eigenvalue weighted by Gasteiger charge is 2.20. The van der Waals surface area contributed by atoms with Crippen LogP contribution >= 0.6 is 0 Å². The summed E-state index contributed by atoms with van der Waals surface area (Å²) < 4.78 is 46.4. The van der Waals surface area contributed by atoms with Crippen molar-refractivity contribution in [1.29, 1.82) is 0 Å². The Bertz CT molecular complexity index is 1070. The summed E-state index contributed by atoms with van der Waals surface area (Å²) >= 11 is 0. The van der Waals surface area contributed by atoms with E-state index >= 15 is 0 Å². The topological polar surface area (TPSA) is 95.5 Å². The summed E-state index contributed by atoms with van der Waals surface area (Å²) in [5.41, 5.74) is -0.281. The number of carboxylic acids is 1. The van der Waals surface area contributed by atoms with Crippen LogP contribution in [0.25, 0.3) is 0 Å². The molecule has 0 saturated heterocycles. The number of hydrogen-bond acceptors (Lipinski definition) is 5. The lowest BCUT2D eigenvalue weighted by Crippen LogP contribution is -2.23. The van der Waals surface area contributed by atoms with E-state index in [9.17, 15) is 22.7 Å². The predicted molar refractivity (Wildman–Crippen MR) is 94.5 cm³/mol. The molecule has 0 unspecified atom stereocenters. The van der Waals surface area contributed by atoms with Crippen LogP contribution in [0.3, 0.4) is 0 Å². The number of carboxylic acid groups (broad SMARTS) is 1. The van der Waals surface area contributed by atoms with E-state index in [2.05, 4.69) is 4.72 Å². The Morgan fingerprint density at radius 2 is 1.56 bits per heavy atom. The maximum Gasteiger partial charge on any atom is 0.264 e. The first kappa shape index (κ1) is 18.4. The Kier molecular flexibility index (Phi) is 5.09. The Morgan fingerprint density at radius 3 is 2.19 bits per heavy atom. The highest BCUT2D eigenvalue weighted by Crippen LogP contribution is 2.25. The van der Waals surface area contributed by atoms with Crippen LogP contribution in [0.15, 0.2) is 77.7 Å². The maximum absolute atomic E-state index is 13.9. The molecule has 6 nitrogen and oxygen atoms in total. The molecule has 0 fully saturated rings. The van der Waals surface area contributed by atoms with Gasteiger partial charge in [-0.1, -0.05) is 24.3 Å². The van der Waals surface area contributed by atoms with Gasteiger partial charge in [0.15, 0.2) is 0 Å². The van der Waals surface area contributed by atoms with Crippen molar-refractivity contribution in [2.45, 2.75) is 4.90 Å². The molecule has 3 aromatic rings. The number of para-hydroxylation sites is 1. The smallest absolute Gasteiger partial charge is 0.264 e. The number of sulfonamides is 1. The number of ether oxygens (including phenoxy) is 1. The van der Waals surface area contributed by atoms with Crippen LogP contribution in [0.1, 0.15) is 10.4 Å². The van der Waals surface area contributed by atoms with Crippen molar-refractivity contribution in [3.63, 3.8) is 0 Å². The van der Waals surface area contributed by atoms with Gasteiger partial charge in [0.05, 0.1) is 5.97 Å². The molecule has 0 atom stereocenters. The van der Waals surface area contributed by atoms with Crippen LogP contribution in [-0.2, 0) is 10.0 Å². The number of anilines is 1. The zero-order valence-electron chi connectivity index (χ0n) is 13.8. The summed E-state index contributed by atoms with van der Waals surface area (Å²) in [5, 5.41) is 10.9. The van der Waals surface area contributed by atoms with E-state index in [0.29, 0.717) is 17.6 Å². The molecule has 0 aromatic heterocycles. The van der Waals surface area contributed by atoms with Gasteiger partial charge < -0.3 is 14.6 Å².